The highest BCUT2D eigenvalue weighted by Gasteiger charge is 2.33. The summed E-state index contributed by atoms with van der Waals surface area (Å²) in [7, 11) is 0. The van der Waals surface area contributed by atoms with E-state index < -0.39 is 17.6 Å². The molecule has 158 valence electrons. The zero-order valence-electron chi connectivity index (χ0n) is 16.1. The van der Waals surface area contributed by atoms with Crippen molar-refractivity contribution in [2.45, 2.75) is 19.0 Å². The predicted octanol–water partition coefficient (Wildman–Crippen LogP) is 4.76. The number of carbonyl (C=O) groups is 2. The van der Waals surface area contributed by atoms with E-state index in [1.54, 1.807) is 0 Å². The average Bonchev–Trinajstić information content (AvgIpc) is 3.59. The fourth-order valence-electron chi connectivity index (χ4n) is 3.05. The number of anilines is 2. The van der Waals surface area contributed by atoms with Crippen LogP contribution >= 0.6 is 0 Å². The number of nitrogens with zero attached hydrogens (tertiary/aromatic N) is 2. The molecular formula is C22H17F3N4O2. The summed E-state index contributed by atoms with van der Waals surface area (Å²) in [5.74, 6) is -0.388. The zero-order chi connectivity index (χ0) is 22.0. The van der Waals surface area contributed by atoms with Crippen LogP contribution in [0.15, 0.2) is 61.1 Å². The average molecular weight is 426 g/mol. The van der Waals surface area contributed by atoms with Crippen molar-refractivity contribution in [3.63, 3.8) is 0 Å². The van der Waals surface area contributed by atoms with Gasteiger partial charge in [0.2, 0.25) is 5.91 Å². The smallest absolute Gasteiger partial charge is 0.321 e. The highest BCUT2D eigenvalue weighted by atomic mass is 19.4. The van der Waals surface area contributed by atoms with Crippen LogP contribution in [0.4, 0.5) is 24.7 Å². The van der Waals surface area contributed by atoms with E-state index in [2.05, 4.69) is 20.6 Å². The highest BCUT2D eigenvalue weighted by Crippen LogP contribution is 2.37. The molecule has 1 aliphatic rings. The Kier molecular flexibility index (Phi) is 5.41. The number of hydrogen-bond donors (Lipinski definition) is 2. The maximum absolute atomic E-state index is 13.3. The number of rotatable bonds is 5. The highest BCUT2D eigenvalue weighted by molar-refractivity contribution is 6.05. The molecule has 2 aromatic heterocycles. The van der Waals surface area contributed by atoms with Gasteiger partial charge in [-0.25, -0.2) is 4.98 Å². The normalized spacial score (nSPS) is 13.5. The van der Waals surface area contributed by atoms with Gasteiger partial charge in [-0.1, -0.05) is 18.2 Å². The van der Waals surface area contributed by atoms with Gasteiger partial charge in [-0.3, -0.25) is 14.6 Å². The number of nitrogens with one attached hydrogen (secondary N) is 2. The van der Waals surface area contributed by atoms with E-state index in [0.29, 0.717) is 0 Å². The number of carbonyl (C=O) groups excluding carboxylic acids is 2. The lowest BCUT2D eigenvalue weighted by Crippen LogP contribution is -2.16. The summed E-state index contributed by atoms with van der Waals surface area (Å²) < 4.78 is 40.0. The molecular weight excluding hydrogens is 409 g/mol. The second-order valence-corrected chi connectivity index (χ2v) is 7.15. The number of alkyl halides is 3. The molecule has 0 atom stereocenters. The van der Waals surface area contributed by atoms with Gasteiger partial charge in [-0.2, -0.15) is 13.2 Å². The van der Waals surface area contributed by atoms with Crippen molar-refractivity contribution >= 4 is 23.3 Å². The SMILES string of the molecule is O=C(Nc1cncc(-c2ccccc2C(F)(F)F)c1)c1ccnc(NC(=O)C2CC2)c1. The van der Waals surface area contributed by atoms with E-state index in [0.717, 1.165) is 18.9 Å². The van der Waals surface area contributed by atoms with Gasteiger partial charge in [0, 0.05) is 29.4 Å². The maximum atomic E-state index is 13.3. The molecule has 0 radical (unpaired) electrons. The van der Waals surface area contributed by atoms with Crippen molar-refractivity contribution in [1.82, 2.24) is 9.97 Å². The van der Waals surface area contributed by atoms with Crippen LogP contribution in [0.2, 0.25) is 0 Å². The topological polar surface area (TPSA) is 84.0 Å². The fraction of sp³-hybridized carbons (Fsp3) is 0.182. The Morgan fingerprint density at radius 2 is 1.77 bits per heavy atom. The number of hydrogen-bond acceptors (Lipinski definition) is 4. The number of benzene rings is 1. The summed E-state index contributed by atoms with van der Waals surface area (Å²) >= 11 is 0. The van der Waals surface area contributed by atoms with Gasteiger partial charge in [-0.15, -0.1) is 0 Å². The molecule has 0 aliphatic heterocycles. The van der Waals surface area contributed by atoms with E-state index >= 15 is 0 Å². The largest absolute Gasteiger partial charge is 0.417 e. The van der Waals surface area contributed by atoms with Gasteiger partial charge in [0.15, 0.2) is 0 Å². The molecule has 0 saturated heterocycles. The molecule has 0 spiro atoms. The maximum Gasteiger partial charge on any atom is 0.417 e. The first-order valence-corrected chi connectivity index (χ1v) is 9.51. The number of aromatic nitrogens is 2. The van der Waals surface area contributed by atoms with Crippen LogP contribution in [0.25, 0.3) is 11.1 Å². The minimum absolute atomic E-state index is 0.00678. The Morgan fingerprint density at radius 3 is 2.52 bits per heavy atom. The Hall–Kier alpha value is -3.75. The molecule has 1 aromatic carbocycles. The minimum atomic E-state index is -4.52. The van der Waals surface area contributed by atoms with Crippen molar-refractivity contribution in [3.05, 3.63) is 72.2 Å². The van der Waals surface area contributed by atoms with Crippen molar-refractivity contribution in [2.75, 3.05) is 10.6 Å². The second kappa shape index (κ2) is 8.17. The van der Waals surface area contributed by atoms with Crippen LogP contribution in [0.3, 0.4) is 0 Å². The second-order valence-electron chi connectivity index (χ2n) is 7.15. The van der Waals surface area contributed by atoms with Crippen molar-refractivity contribution < 1.29 is 22.8 Å². The summed E-state index contributed by atoms with van der Waals surface area (Å²) in [5, 5.41) is 5.28. The van der Waals surface area contributed by atoms with Crippen molar-refractivity contribution in [2.24, 2.45) is 5.92 Å². The molecule has 1 saturated carbocycles. The molecule has 0 bridgehead atoms. The molecule has 31 heavy (non-hydrogen) atoms. The molecule has 9 heteroatoms. The standard InChI is InChI=1S/C22H17F3N4O2/c23-22(24,25)18-4-2-1-3-17(18)15-9-16(12-26-11-15)28-21(31)14-7-8-27-19(10-14)29-20(30)13-5-6-13/h1-4,7-13H,5-6H2,(H,28,31)(H,27,29,30). The van der Waals surface area contributed by atoms with E-state index in [1.807, 2.05) is 0 Å². The third-order valence-corrected chi connectivity index (χ3v) is 4.76. The summed E-state index contributed by atoms with van der Waals surface area (Å²) in [6, 6.07) is 9.49. The predicted molar refractivity (Wildman–Crippen MR) is 108 cm³/mol. The molecule has 1 fully saturated rings. The molecule has 6 nitrogen and oxygen atoms in total. The monoisotopic (exact) mass is 426 g/mol. The zero-order valence-corrected chi connectivity index (χ0v) is 16.1. The lowest BCUT2D eigenvalue weighted by Gasteiger charge is -2.13. The first-order valence-electron chi connectivity index (χ1n) is 9.51. The number of pyridine rings is 2. The molecule has 0 unspecified atom stereocenters. The third kappa shape index (κ3) is 4.88. The molecule has 2 N–H and O–H groups in total. The van der Waals surface area contributed by atoms with E-state index in [1.165, 1.54) is 55.0 Å². The number of halogens is 3. The van der Waals surface area contributed by atoms with E-state index in [4.69, 9.17) is 0 Å². The minimum Gasteiger partial charge on any atom is -0.321 e. The fourth-order valence-corrected chi connectivity index (χ4v) is 3.05. The van der Waals surface area contributed by atoms with Crippen LogP contribution in [0.1, 0.15) is 28.8 Å². The molecule has 4 rings (SSSR count). The van der Waals surface area contributed by atoms with Crippen LogP contribution in [0.5, 0.6) is 0 Å². The van der Waals surface area contributed by atoms with Crippen molar-refractivity contribution in [1.29, 1.82) is 0 Å². The van der Waals surface area contributed by atoms with Gasteiger partial charge in [0.1, 0.15) is 5.82 Å². The third-order valence-electron chi connectivity index (χ3n) is 4.76. The van der Waals surface area contributed by atoms with Gasteiger partial charge in [0.05, 0.1) is 17.4 Å². The summed E-state index contributed by atoms with van der Waals surface area (Å²) in [5.41, 5.74) is -0.127. The Bertz CT molecular complexity index is 1140. The Labute approximate surface area is 175 Å². The summed E-state index contributed by atoms with van der Waals surface area (Å²) in [6.45, 7) is 0. The first-order chi connectivity index (χ1) is 14.8. The number of amides is 2. The molecule has 2 amide bonds. The lowest BCUT2D eigenvalue weighted by atomic mass is 10.0. The van der Waals surface area contributed by atoms with Crippen LogP contribution in [0, 0.1) is 5.92 Å². The van der Waals surface area contributed by atoms with Crippen LogP contribution < -0.4 is 10.6 Å². The first kappa shape index (κ1) is 20.5. The quantitative estimate of drug-likeness (QED) is 0.616. The molecule has 3 aromatic rings. The lowest BCUT2D eigenvalue weighted by molar-refractivity contribution is -0.137. The van der Waals surface area contributed by atoms with Crippen LogP contribution in [-0.2, 0) is 11.0 Å². The van der Waals surface area contributed by atoms with E-state index in [-0.39, 0.29) is 40.0 Å². The molecule has 1 aliphatic carbocycles. The van der Waals surface area contributed by atoms with E-state index in [9.17, 15) is 22.8 Å². The Balaban J connectivity index is 1.54. The molecule has 2 heterocycles. The van der Waals surface area contributed by atoms with Gasteiger partial charge < -0.3 is 10.6 Å². The van der Waals surface area contributed by atoms with Crippen molar-refractivity contribution in [3.8, 4) is 11.1 Å². The Morgan fingerprint density at radius 1 is 1.00 bits per heavy atom. The summed E-state index contributed by atoms with van der Waals surface area (Å²) in [6.07, 6.45) is 1.20. The van der Waals surface area contributed by atoms with Crippen LogP contribution in [-0.4, -0.2) is 21.8 Å². The van der Waals surface area contributed by atoms with Gasteiger partial charge in [-0.05, 0) is 42.7 Å². The van der Waals surface area contributed by atoms with Gasteiger partial charge >= 0.3 is 6.18 Å². The summed E-state index contributed by atoms with van der Waals surface area (Å²) in [4.78, 5) is 32.5. The van der Waals surface area contributed by atoms with Gasteiger partial charge in [0.25, 0.3) is 5.91 Å².